The van der Waals surface area contributed by atoms with E-state index in [1.807, 2.05) is 0 Å². The second-order valence-electron chi connectivity index (χ2n) is 5.68. The smallest absolute Gasteiger partial charge is 0.257 e. The van der Waals surface area contributed by atoms with Gasteiger partial charge in [-0.25, -0.2) is 9.37 Å². The van der Waals surface area contributed by atoms with Gasteiger partial charge in [0.25, 0.3) is 5.91 Å². The number of thiazole rings is 1. The normalized spacial score (nSPS) is 10.9. The predicted molar refractivity (Wildman–Crippen MR) is 103 cm³/mol. The molecule has 0 aliphatic rings. The van der Waals surface area contributed by atoms with Crippen LogP contribution in [0.15, 0.2) is 54.6 Å². The van der Waals surface area contributed by atoms with Gasteiger partial charge in [-0.05, 0) is 55.0 Å². The molecule has 1 amide bonds. The Balaban J connectivity index is 1.71. The van der Waals surface area contributed by atoms with E-state index in [1.54, 1.807) is 25.1 Å². The predicted octanol–water partition coefficient (Wildman–Crippen LogP) is 4.44. The molecule has 0 spiro atoms. The number of ketones is 1. The Morgan fingerprint density at radius 1 is 1.11 bits per heavy atom. The number of aromatic hydroxyl groups is 1. The molecule has 0 bridgehead atoms. The molecule has 2 N–H and O–H groups in total. The number of nitrogens with zero attached hydrogens (tertiary/aromatic N) is 1. The average molecular weight is 382 g/mol. The molecular weight excluding hydrogens is 367 g/mol. The Morgan fingerprint density at radius 2 is 1.78 bits per heavy atom. The molecule has 0 saturated heterocycles. The van der Waals surface area contributed by atoms with Crippen LogP contribution in [0.3, 0.4) is 0 Å². The fraction of sp³-hybridized carbons (Fsp3) is 0.0500. The number of allylic oxidation sites excluding steroid dienone is 1. The minimum absolute atomic E-state index is 0.151. The van der Waals surface area contributed by atoms with Gasteiger partial charge in [0.2, 0.25) is 0 Å². The van der Waals surface area contributed by atoms with Gasteiger partial charge in [-0.3, -0.25) is 14.9 Å². The maximum absolute atomic E-state index is 12.9. The van der Waals surface area contributed by atoms with Crippen molar-refractivity contribution in [3.63, 3.8) is 0 Å². The molecule has 0 aliphatic heterocycles. The summed E-state index contributed by atoms with van der Waals surface area (Å²) in [7, 11) is 0. The number of anilines is 1. The van der Waals surface area contributed by atoms with Crippen LogP contribution in [-0.2, 0) is 0 Å². The van der Waals surface area contributed by atoms with Gasteiger partial charge in [-0.2, -0.15) is 0 Å². The summed E-state index contributed by atoms with van der Waals surface area (Å²) in [5.74, 6) is -0.939. The van der Waals surface area contributed by atoms with E-state index in [4.69, 9.17) is 0 Å². The molecule has 7 heteroatoms. The third kappa shape index (κ3) is 4.65. The van der Waals surface area contributed by atoms with Crippen molar-refractivity contribution in [2.24, 2.45) is 0 Å². The molecule has 0 aliphatic carbocycles. The van der Waals surface area contributed by atoms with E-state index in [2.05, 4.69) is 10.3 Å². The first-order chi connectivity index (χ1) is 12.9. The Morgan fingerprint density at radius 3 is 2.44 bits per heavy atom. The Labute approximate surface area is 158 Å². The molecule has 1 heterocycles. The van der Waals surface area contributed by atoms with Crippen LogP contribution >= 0.6 is 11.3 Å². The number of hydrogen-bond donors (Lipinski definition) is 2. The fourth-order valence-corrected chi connectivity index (χ4v) is 3.16. The Kier molecular flexibility index (Phi) is 5.42. The molecule has 2 aromatic carbocycles. The quantitative estimate of drug-likeness (QED) is 0.505. The van der Waals surface area contributed by atoms with Crippen molar-refractivity contribution >= 4 is 34.2 Å². The number of amides is 1. The van der Waals surface area contributed by atoms with Crippen LogP contribution in [-0.4, -0.2) is 21.8 Å². The monoisotopic (exact) mass is 382 g/mol. The van der Waals surface area contributed by atoms with Crippen molar-refractivity contribution in [2.45, 2.75) is 6.92 Å². The summed E-state index contributed by atoms with van der Waals surface area (Å²) in [6, 6.07) is 11.6. The first-order valence-corrected chi connectivity index (χ1v) is 8.80. The first kappa shape index (κ1) is 18.5. The van der Waals surface area contributed by atoms with E-state index in [-0.39, 0.29) is 11.5 Å². The highest BCUT2D eigenvalue weighted by molar-refractivity contribution is 7.18. The van der Waals surface area contributed by atoms with Gasteiger partial charge >= 0.3 is 0 Å². The van der Waals surface area contributed by atoms with Crippen LogP contribution < -0.4 is 5.32 Å². The van der Waals surface area contributed by atoms with Crippen LogP contribution in [0.1, 0.15) is 31.3 Å². The summed E-state index contributed by atoms with van der Waals surface area (Å²) in [5.41, 5.74) is 1.58. The van der Waals surface area contributed by atoms with Crippen molar-refractivity contribution in [2.75, 3.05) is 5.32 Å². The lowest BCUT2D eigenvalue weighted by atomic mass is 10.1. The van der Waals surface area contributed by atoms with Crippen LogP contribution in [0.2, 0.25) is 0 Å². The van der Waals surface area contributed by atoms with Gasteiger partial charge in [-0.15, -0.1) is 0 Å². The van der Waals surface area contributed by atoms with Gasteiger partial charge < -0.3 is 5.11 Å². The number of hydrogen-bond acceptors (Lipinski definition) is 5. The molecule has 27 heavy (non-hydrogen) atoms. The van der Waals surface area contributed by atoms with E-state index >= 15 is 0 Å². The molecule has 0 radical (unpaired) electrons. The zero-order valence-electron chi connectivity index (χ0n) is 14.3. The van der Waals surface area contributed by atoms with Crippen molar-refractivity contribution < 1.29 is 19.1 Å². The van der Waals surface area contributed by atoms with Crippen LogP contribution in [0.25, 0.3) is 6.08 Å². The highest BCUT2D eigenvalue weighted by Crippen LogP contribution is 2.24. The maximum atomic E-state index is 12.9. The second kappa shape index (κ2) is 7.92. The highest BCUT2D eigenvalue weighted by atomic mass is 32.1. The van der Waals surface area contributed by atoms with Crippen LogP contribution in [0, 0.1) is 12.7 Å². The Bertz CT molecular complexity index is 1010. The number of nitrogens with one attached hydrogen (secondary N) is 1. The molecule has 0 atom stereocenters. The number of halogens is 1. The van der Waals surface area contributed by atoms with E-state index in [1.165, 1.54) is 42.5 Å². The summed E-state index contributed by atoms with van der Waals surface area (Å²) in [6.45, 7) is 1.69. The lowest BCUT2D eigenvalue weighted by Gasteiger charge is -2.00. The molecule has 3 aromatic rings. The highest BCUT2D eigenvalue weighted by Gasteiger charge is 2.15. The molecule has 136 valence electrons. The summed E-state index contributed by atoms with van der Waals surface area (Å²) in [6.07, 6.45) is 3.05. The van der Waals surface area contributed by atoms with Gasteiger partial charge in [0.15, 0.2) is 10.9 Å². The number of phenolic OH excluding ortho intramolecular Hbond substituents is 1. The number of benzene rings is 2. The first-order valence-electron chi connectivity index (χ1n) is 7.98. The Hall–Kier alpha value is -3.32. The standard InChI is InChI=1S/C20H15FN2O3S/c1-12-18(17(25)11-4-13-2-9-16(24)10-3-13)27-20(22-12)23-19(26)14-5-7-15(21)8-6-14/h2-11,24H,1H3,(H,22,23,26). The van der Waals surface area contributed by atoms with Gasteiger partial charge in [0, 0.05) is 5.56 Å². The summed E-state index contributed by atoms with van der Waals surface area (Å²) < 4.78 is 12.9. The zero-order valence-corrected chi connectivity index (χ0v) is 15.1. The largest absolute Gasteiger partial charge is 0.508 e. The molecule has 0 unspecified atom stereocenters. The number of carbonyl (C=O) groups is 2. The van der Waals surface area contributed by atoms with Crippen molar-refractivity contribution in [1.82, 2.24) is 4.98 Å². The van der Waals surface area contributed by atoms with Gasteiger partial charge in [-0.1, -0.05) is 29.5 Å². The maximum Gasteiger partial charge on any atom is 0.257 e. The van der Waals surface area contributed by atoms with E-state index in [0.29, 0.717) is 21.3 Å². The minimum Gasteiger partial charge on any atom is -0.508 e. The molecule has 1 aromatic heterocycles. The zero-order chi connectivity index (χ0) is 19.4. The van der Waals surface area contributed by atoms with Crippen molar-refractivity contribution in [3.8, 4) is 5.75 Å². The summed E-state index contributed by atoms with van der Waals surface area (Å²) >= 11 is 1.07. The van der Waals surface area contributed by atoms with Crippen molar-refractivity contribution in [1.29, 1.82) is 0 Å². The van der Waals surface area contributed by atoms with Crippen LogP contribution in [0.5, 0.6) is 5.75 Å². The van der Waals surface area contributed by atoms with Gasteiger partial charge in [0.1, 0.15) is 11.6 Å². The minimum atomic E-state index is -0.428. The van der Waals surface area contributed by atoms with Crippen LogP contribution in [0.4, 0.5) is 9.52 Å². The molecule has 3 rings (SSSR count). The third-order valence-corrected chi connectivity index (χ3v) is 4.75. The fourth-order valence-electron chi connectivity index (χ4n) is 2.28. The second-order valence-corrected chi connectivity index (χ2v) is 6.68. The van der Waals surface area contributed by atoms with E-state index < -0.39 is 11.7 Å². The number of phenols is 1. The summed E-state index contributed by atoms with van der Waals surface area (Å²) in [5, 5.41) is 12.2. The van der Waals surface area contributed by atoms with E-state index in [9.17, 15) is 19.1 Å². The van der Waals surface area contributed by atoms with E-state index in [0.717, 1.165) is 16.9 Å². The molecule has 0 fully saturated rings. The molecule has 5 nitrogen and oxygen atoms in total. The average Bonchev–Trinajstić information content (AvgIpc) is 3.01. The lowest BCUT2D eigenvalue weighted by molar-refractivity contribution is 0.102. The molecular formula is C20H15FN2O3S. The number of aryl methyl sites for hydroxylation is 1. The number of rotatable bonds is 5. The number of aromatic nitrogens is 1. The third-order valence-electron chi connectivity index (χ3n) is 3.67. The topological polar surface area (TPSA) is 79.3 Å². The number of carbonyl (C=O) groups excluding carboxylic acids is 2. The SMILES string of the molecule is Cc1nc(NC(=O)c2ccc(F)cc2)sc1C(=O)C=Cc1ccc(O)cc1. The summed E-state index contributed by atoms with van der Waals surface area (Å²) in [4.78, 5) is 29.2. The molecule has 0 saturated carbocycles. The van der Waals surface area contributed by atoms with Crippen molar-refractivity contribution in [3.05, 3.63) is 82.1 Å². The lowest BCUT2D eigenvalue weighted by Crippen LogP contribution is -2.11. The van der Waals surface area contributed by atoms with Gasteiger partial charge in [0.05, 0.1) is 10.6 Å².